The predicted molar refractivity (Wildman–Crippen MR) is 77.6 cm³/mol. The molecule has 98 valence electrons. The first-order chi connectivity index (χ1) is 7.32. The van der Waals surface area contributed by atoms with Gasteiger partial charge in [0.2, 0.25) is 0 Å². The van der Waals surface area contributed by atoms with Crippen LogP contribution in [0.3, 0.4) is 0 Å². The van der Waals surface area contributed by atoms with Crippen molar-refractivity contribution in [3.8, 4) is 0 Å². The molecule has 0 aromatic heterocycles. The van der Waals surface area contributed by atoms with E-state index in [0.717, 1.165) is 19.6 Å². The van der Waals surface area contributed by atoms with Gasteiger partial charge >= 0.3 is 0 Å². The third kappa shape index (κ3) is 5.46. The molecular formula is C13H32N2Si. The Morgan fingerprint density at radius 2 is 1.44 bits per heavy atom. The van der Waals surface area contributed by atoms with Crippen LogP contribution in [0.5, 0.6) is 0 Å². The summed E-state index contributed by atoms with van der Waals surface area (Å²) in [5, 5.41) is 0. The maximum Gasteiger partial charge on any atom is 0.122 e. The van der Waals surface area contributed by atoms with E-state index < -0.39 is 8.24 Å². The van der Waals surface area contributed by atoms with E-state index in [1.54, 1.807) is 0 Å². The standard InChI is InChI=1S/C13H32N2Si/c1-8-15(9-2)12-13(5,6)14-16(7,10-3)11-4/h14H,8-12H2,1-7H3. The van der Waals surface area contributed by atoms with E-state index in [0.29, 0.717) is 0 Å². The average Bonchev–Trinajstić information content (AvgIpc) is 2.25. The molecule has 16 heavy (non-hydrogen) atoms. The molecule has 0 saturated heterocycles. The van der Waals surface area contributed by atoms with Gasteiger partial charge in [0.1, 0.15) is 8.24 Å². The number of hydrogen-bond donors (Lipinski definition) is 1. The molecule has 0 atom stereocenters. The van der Waals surface area contributed by atoms with Gasteiger partial charge in [-0.25, -0.2) is 0 Å². The summed E-state index contributed by atoms with van der Waals surface area (Å²) in [4.78, 5) is 6.47. The quantitative estimate of drug-likeness (QED) is 0.659. The topological polar surface area (TPSA) is 15.3 Å². The fourth-order valence-electron chi connectivity index (χ4n) is 2.29. The van der Waals surface area contributed by atoms with Crippen molar-refractivity contribution >= 4 is 8.24 Å². The van der Waals surface area contributed by atoms with Gasteiger partial charge in [-0.2, -0.15) is 0 Å². The van der Waals surface area contributed by atoms with Crippen LogP contribution in [0.2, 0.25) is 18.6 Å². The molecule has 0 rings (SSSR count). The molecule has 2 nitrogen and oxygen atoms in total. The van der Waals surface area contributed by atoms with Gasteiger partial charge < -0.3 is 9.88 Å². The lowest BCUT2D eigenvalue weighted by Gasteiger charge is -2.40. The van der Waals surface area contributed by atoms with Gasteiger partial charge in [-0.05, 0) is 39.0 Å². The molecule has 0 aliphatic heterocycles. The normalized spacial score (nSPS) is 13.5. The minimum Gasteiger partial charge on any atom is -0.331 e. The second-order valence-electron chi connectivity index (χ2n) is 5.74. The van der Waals surface area contributed by atoms with Gasteiger partial charge in [0, 0.05) is 12.1 Å². The Balaban J connectivity index is 4.42. The second kappa shape index (κ2) is 6.77. The zero-order valence-corrected chi connectivity index (χ0v) is 13.5. The summed E-state index contributed by atoms with van der Waals surface area (Å²) < 4.78 is 0. The van der Waals surface area contributed by atoms with E-state index in [2.05, 4.69) is 58.0 Å². The number of nitrogens with zero attached hydrogens (tertiary/aromatic N) is 1. The van der Waals surface area contributed by atoms with Crippen LogP contribution in [0.15, 0.2) is 0 Å². The molecule has 0 aromatic rings. The van der Waals surface area contributed by atoms with E-state index in [1.165, 1.54) is 12.1 Å². The van der Waals surface area contributed by atoms with Gasteiger partial charge in [-0.1, -0.05) is 34.2 Å². The van der Waals surface area contributed by atoms with Crippen molar-refractivity contribution in [3.05, 3.63) is 0 Å². The molecule has 0 radical (unpaired) electrons. The predicted octanol–water partition coefficient (Wildman–Crippen LogP) is 3.31. The van der Waals surface area contributed by atoms with Crippen molar-refractivity contribution in [3.63, 3.8) is 0 Å². The van der Waals surface area contributed by atoms with Crippen LogP contribution < -0.4 is 4.98 Å². The summed E-state index contributed by atoms with van der Waals surface area (Å²) in [5.74, 6) is 0. The highest BCUT2D eigenvalue weighted by Crippen LogP contribution is 2.17. The molecule has 0 fully saturated rings. The van der Waals surface area contributed by atoms with Crippen LogP contribution >= 0.6 is 0 Å². The summed E-state index contributed by atoms with van der Waals surface area (Å²) >= 11 is 0. The Kier molecular flexibility index (Phi) is 6.83. The number of likely N-dealkylation sites (N-methyl/N-ethyl adjacent to an activating group) is 1. The summed E-state index contributed by atoms with van der Waals surface area (Å²) in [6.45, 7) is 19.8. The van der Waals surface area contributed by atoms with Crippen molar-refractivity contribution in [2.45, 2.75) is 65.7 Å². The smallest absolute Gasteiger partial charge is 0.122 e. The second-order valence-corrected chi connectivity index (χ2v) is 10.5. The first-order valence-corrected chi connectivity index (χ1v) is 9.75. The van der Waals surface area contributed by atoms with E-state index in [4.69, 9.17) is 0 Å². The van der Waals surface area contributed by atoms with Gasteiger partial charge in [0.05, 0.1) is 0 Å². The minimum absolute atomic E-state index is 0.249. The third-order valence-corrected chi connectivity index (χ3v) is 8.12. The lowest BCUT2D eigenvalue weighted by molar-refractivity contribution is 0.233. The molecule has 3 heteroatoms. The van der Waals surface area contributed by atoms with Crippen LogP contribution in [0.25, 0.3) is 0 Å². The van der Waals surface area contributed by atoms with Crippen LogP contribution in [0, 0.1) is 0 Å². The molecular weight excluding hydrogens is 212 g/mol. The Hall–Kier alpha value is 0.137. The SMILES string of the molecule is CCN(CC)CC(C)(C)N[Si](C)(CC)CC. The lowest BCUT2D eigenvalue weighted by Crippen LogP contribution is -2.60. The van der Waals surface area contributed by atoms with Crippen LogP contribution in [-0.2, 0) is 0 Å². The maximum absolute atomic E-state index is 3.97. The van der Waals surface area contributed by atoms with Gasteiger partial charge in [0.15, 0.2) is 0 Å². The van der Waals surface area contributed by atoms with E-state index in [-0.39, 0.29) is 5.54 Å². The average molecular weight is 244 g/mol. The summed E-state index contributed by atoms with van der Waals surface area (Å²) in [6, 6.07) is 2.65. The molecule has 0 bridgehead atoms. The Morgan fingerprint density at radius 1 is 1.00 bits per heavy atom. The monoisotopic (exact) mass is 244 g/mol. The summed E-state index contributed by atoms with van der Waals surface area (Å²) in [5.41, 5.74) is 0.249. The molecule has 0 heterocycles. The van der Waals surface area contributed by atoms with Crippen molar-refractivity contribution in [1.82, 2.24) is 9.88 Å². The van der Waals surface area contributed by atoms with E-state index >= 15 is 0 Å². The molecule has 0 saturated carbocycles. The minimum atomic E-state index is -1.20. The fraction of sp³-hybridized carbons (Fsp3) is 1.00. The molecule has 0 aromatic carbocycles. The number of hydrogen-bond acceptors (Lipinski definition) is 2. The highest BCUT2D eigenvalue weighted by atomic mass is 28.3. The van der Waals surface area contributed by atoms with Gasteiger partial charge in [-0.15, -0.1) is 0 Å². The fourth-order valence-corrected chi connectivity index (χ4v) is 4.86. The zero-order chi connectivity index (χ0) is 12.8. The molecule has 0 aliphatic carbocycles. The van der Waals surface area contributed by atoms with Crippen LogP contribution in [-0.4, -0.2) is 38.3 Å². The van der Waals surface area contributed by atoms with E-state index in [1.807, 2.05) is 0 Å². The first-order valence-electron chi connectivity index (χ1n) is 6.84. The molecule has 0 unspecified atom stereocenters. The molecule has 1 N–H and O–H groups in total. The molecule has 0 aliphatic rings. The lowest BCUT2D eigenvalue weighted by atomic mass is 10.1. The number of nitrogens with one attached hydrogen (secondary N) is 1. The summed E-state index contributed by atoms with van der Waals surface area (Å²) in [7, 11) is -1.20. The highest BCUT2D eigenvalue weighted by Gasteiger charge is 2.31. The van der Waals surface area contributed by atoms with Crippen LogP contribution in [0.4, 0.5) is 0 Å². The van der Waals surface area contributed by atoms with Gasteiger partial charge in [-0.3, -0.25) is 0 Å². The largest absolute Gasteiger partial charge is 0.331 e. The third-order valence-electron chi connectivity index (χ3n) is 3.71. The molecule has 0 amide bonds. The number of rotatable bonds is 8. The maximum atomic E-state index is 3.97. The Morgan fingerprint density at radius 3 is 1.75 bits per heavy atom. The van der Waals surface area contributed by atoms with Crippen molar-refractivity contribution in [2.24, 2.45) is 0 Å². The van der Waals surface area contributed by atoms with Gasteiger partial charge in [0.25, 0.3) is 0 Å². The Bertz CT molecular complexity index is 184. The summed E-state index contributed by atoms with van der Waals surface area (Å²) in [6.07, 6.45) is 0. The van der Waals surface area contributed by atoms with Crippen molar-refractivity contribution in [2.75, 3.05) is 19.6 Å². The van der Waals surface area contributed by atoms with E-state index in [9.17, 15) is 0 Å². The first kappa shape index (κ1) is 16.1. The van der Waals surface area contributed by atoms with Crippen LogP contribution in [0.1, 0.15) is 41.5 Å². The molecule has 0 spiro atoms. The zero-order valence-electron chi connectivity index (χ0n) is 12.5. The Labute approximate surface area is 104 Å². The van der Waals surface area contributed by atoms with Crippen molar-refractivity contribution in [1.29, 1.82) is 0 Å². The highest BCUT2D eigenvalue weighted by molar-refractivity contribution is 6.76. The van der Waals surface area contributed by atoms with Crippen molar-refractivity contribution < 1.29 is 0 Å².